The van der Waals surface area contributed by atoms with E-state index in [9.17, 15) is 19.2 Å². The molecule has 0 radical (unpaired) electrons. The van der Waals surface area contributed by atoms with Crippen molar-refractivity contribution in [1.29, 1.82) is 0 Å². The maximum absolute atomic E-state index is 12.5. The Bertz CT molecular complexity index is 1040. The van der Waals surface area contributed by atoms with Gasteiger partial charge in [-0.15, -0.1) is 0 Å². The summed E-state index contributed by atoms with van der Waals surface area (Å²) in [6.07, 6.45) is 5.53. The van der Waals surface area contributed by atoms with Crippen LogP contribution in [0, 0.1) is 0 Å². The highest BCUT2D eigenvalue weighted by Crippen LogP contribution is 2.31. The molecule has 2 aromatic carbocycles. The van der Waals surface area contributed by atoms with Crippen molar-refractivity contribution < 1.29 is 38.1 Å². The lowest BCUT2D eigenvalue weighted by molar-refractivity contribution is -0.138. The summed E-state index contributed by atoms with van der Waals surface area (Å²) in [7, 11) is 2.50. The number of carbonyl (C=O) groups is 4. The van der Waals surface area contributed by atoms with Gasteiger partial charge in [-0.3, -0.25) is 0 Å². The van der Waals surface area contributed by atoms with Crippen LogP contribution in [-0.4, -0.2) is 51.3 Å². The van der Waals surface area contributed by atoms with Crippen molar-refractivity contribution in [3.8, 4) is 11.1 Å². The van der Waals surface area contributed by atoms with Crippen LogP contribution in [0.1, 0.15) is 45.7 Å². The topological polar surface area (TPSA) is 105 Å². The zero-order chi connectivity index (χ0) is 25.1. The number of hydrogen-bond acceptors (Lipinski definition) is 8. The van der Waals surface area contributed by atoms with E-state index in [1.807, 2.05) is 0 Å². The first-order valence-electron chi connectivity index (χ1n) is 10.5. The molecule has 0 bridgehead atoms. The van der Waals surface area contributed by atoms with Crippen molar-refractivity contribution in [3.63, 3.8) is 0 Å². The Morgan fingerprint density at radius 1 is 0.676 bits per heavy atom. The Morgan fingerprint density at radius 2 is 1.06 bits per heavy atom. The van der Waals surface area contributed by atoms with Crippen LogP contribution in [0.5, 0.6) is 0 Å². The molecular weight excluding hydrogens is 440 g/mol. The van der Waals surface area contributed by atoms with E-state index in [-0.39, 0.29) is 24.3 Å². The maximum atomic E-state index is 12.5. The van der Waals surface area contributed by atoms with Crippen LogP contribution in [0.2, 0.25) is 0 Å². The predicted octanol–water partition coefficient (Wildman–Crippen LogP) is 4.08. The van der Waals surface area contributed by atoms with Crippen molar-refractivity contribution in [1.82, 2.24) is 0 Å². The molecule has 0 N–H and O–H groups in total. The lowest BCUT2D eigenvalue weighted by atomic mass is 9.92. The van der Waals surface area contributed by atoms with Crippen LogP contribution in [-0.2, 0) is 28.5 Å². The minimum atomic E-state index is -0.622. The van der Waals surface area contributed by atoms with Crippen LogP contribution in [0.4, 0.5) is 0 Å². The predicted molar refractivity (Wildman–Crippen MR) is 126 cm³/mol. The van der Waals surface area contributed by atoms with Crippen LogP contribution in [0.25, 0.3) is 23.3 Å². The van der Waals surface area contributed by atoms with Gasteiger partial charge in [0, 0.05) is 12.2 Å². The molecule has 8 nitrogen and oxygen atoms in total. The Morgan fingerprint density at radius 3 is 1.38 bits per heavy atom. The summed E-state index contributed by atoms with van der Waals surface area (Å²) in [5.74, 6) is -2.26. The summed E-state index contributed by atoms with van der Waals surface area (Å²) >= 11 is 0. The number of ether oxygens (including phenoxy) is 4. The van der Waals surface area contributed by atoms with Gasteiger partial charge in [-0.1, -0.05) is 24.3 Å². The van der Waals surface area contributed by atoms with E-state index >= 15 is 0 Å². The van der Waals surface area contributed by atoms with E-state index in [1.54, 1.807) is 50.2 Å². The van der Waals surface area contributed by atoms with Crippen LogP contribution in [0.15, 0.2) is 48.6 Å². The van der Waals surface area contributed by atoms with Gasteiger partial charge in [0.2, 0.25) is 0 Å². The number of methoxy groups -OCH3 is 2. The molecule has 0 saturated carbocycles. The smallest absolute Gasteiger partial charge is 0.338 e. The molecule has 0 aromatic heterocycles. The fraction of sp³-hybridized carbons (Fsp3) is 0.231. The summed E-state index contributed by atoms with van der Waals surface area (Å²) < 4.78 is 19.6. The first-order chi connectivity index (χ1) is 16.3. The molecule has 0 amide bonds. The molecule has 0 aliphatic rings. The summed E-state index contributed by atoms with van der Waals surface area (Å²) in [6.45, 7) is 3.90. The Kier molecular flexibility index (Phi) is 9.76. The molecule has 34 heavy (non-hydrogen) atoms. The van der Waals surface area contributed by atoms with Gasteiger partial charge in [0.05, 0.1) is 38.6 Å². The van der Waals surface area contributed by atoms with Gasteiger partial charge in [-0.2, -0.15) is 0 Å². The molecule has 8 heteroatoms. The molecule has 0 aliphatic carbocycles. The van der Waals surface area contributed by atoms with Gasteiger partial charge in [0.25, 0.3) is 0 Å². The maximum Gasteiger partial charge on any atom is 0.338 e. The lowest BCUT2D eigenvalue weighted by Crippen LogP contribution is -2.08. The highest BCUT2D eigenvalue weighted by molar-refractivity contribution is 6.04. The second kappa shape index (κ2) is 12.7. The van der Waals surface area contributed by atoms with Gasteiger partial charge in [0.1, 0.15) is 0 Å². The number of esters is 4. The second-order valence-corrected chi connectivity index (χ2v) is 6.76. The molecule has 0 atom stereocenters. The minimum Gasteiger partial charge on any atom is -0.465 e. The van der Waals surface area contributed by atoms with Crippen LogP contribution < -0.4 is 0 Å². The number of carbonyl (C=O) groups excluding carboxylic acids is 4. The average molecular weight is 466 g/mol. The van der Waals surface area contributed by atoms with Gasteiger partial charge < -0.3 is 18.9 Å². The van der Waals surface area contributed by atoms with E-state index in [1.165, 1.54) is 38.5 Å². The normalized spacial score (nSPS) is 10.8. The van der Waals surface area contributed by atoms with Gasteiger partial charge in [-0.05, 0) is 60.4 Å². The number of rotatable bonds is 9. The molecule has 0 saturated heterocycles. The first kappa shape index (κ1) is 26.1. The van der Waals surface area contributed by atoms with Gasteiger partial charge in [-0.25, -0.2) is 19.2 Å². The summed E-state index contributed by atoms with van der Waals surface area (Å²) in [5, 5.41) is 0. The second-order valence-electron chi connectivity index (χ2n) is 6.76. The van der Waals surface area contributed by atoms with Crippen molar-refractivity contribution in [2.24, 2.45) is 0 Å². The quantitative estimate of drug-likeness (QED) is 0.309. The molecule has 0 heterocycles. The van der Waals surface area contributed by atoms with E-state index in [0.29, 0.717) is 22.3 Å². The minimum absolute atomic E-state index is 0.188. The molecule has 178 valence electrons. The monoisotopic (exact) mass is 466 g/mol. The van der Waals surface area contributed by atoms with Gasteiger partial charge in [0.15, 0.2) is 0 Å². The summed E-state index contributed by atoms with van der Waals surface area (Å²) in [5.41, 5.74) is 2.36. The van der Waals surface area contributed by atoms with E-state index in [4.69, 9.17) is 18.9 Å². The van der Waals surface area contributed by atoms with Crippen molar-refractivity contribution in [2.45, 2.75) is 13.8 Å². The lowest BCUT2D eigenvalue weighted by Gasteiger charge is -2.13. The molecule has 0 spiro atoms. The third-order valence-corrected chi connectivity index (χ3v) is 4.58. The highest BCUT2D eigenvalue weighted by Gasteiger charge is 2.20. The Labute approximate surface area is 197 Å². The zero-order valence-electron chi connectivity index (χ0n) is 19.5. The van der Waals surface area contributed by atoms with E-state index in [0.717, 1.165) is 0 Å². The Hall–Kier alpha value is -4.20. The first-order valence-corrected chi connectivity index (χ1v) is 10.5. The summed E-state index contributed by atoms with van der Waals surface area (Å²) in [6, 6.07) is 9.76. The SMILES string of the molecule is CCOC(=O)/C=C/c1ccc(-c2ccc(/C=C/C(=O)OCC)cc2C(=O)OC)c(C(=O)OC)c1. The van der Waals surface area contributed by atoms with Crippen LogP contribution in [0.3, 0.4) is 0 Å². The molecule has 2 rings (SSSR count). The molecular formula is C26H26O8. The molecule has 0 fully saturated rings. The highest BCUT2D eigenvalue weighted by atomic mass is 16.5. The van der Waals surface area contributed by atoms with Gasteiger partial charge >= 0.3 is 23.9 Å². The van der Waals surface area contributed by atoms with Crippen LogP contribution >= 0.6 is 0 Å². The standard InChI is InChI=1S/C26H26O8/c1-5-33-23(27)13-9-17-7-11-19(21(15-17)25(29)31-3)20-12-8-18(10-14-24(28)34-6-2)16-22(20)26(30)32-4/h7-16H,5-6H2,1-4H3/b13-9+,14-10+. The third kappa shape index (κ3) is 6.90. The fourth-order valence-corrected chi connectivity index (χ4v) is 3.07. The number of benzene rings is 2. The third-order valence-electron chi connectivity index (χ3n) is 4.58. The van der Waals surface area contributed by atoms with Crippen molar-refractivity contribution >= 4 is 36.0 Å². The molecule has 0 aliphatic heterocycles. The fourth-order valence-electron chi connectivity index (χ4n) is 3.07. The largest absolute Gasteiger partial charge is 0.465 e. The van der Waals surface area contributed by atoms with Crippen molar-refractivity contribution in [2.75, 3.05) is 27.4 Å². The molecule has 2 aromatic rings. The number of hydrogen-bond donors (Lipinski definition) is 0. The van der Waals surface area contributed by atoms with E-state index < -0.39 is 23.9 Å². The molecule has 0 unspecified atom stereocenters. The summed E-state index contributed by atoms with van der Waals surface area (Å²) in [4.78, 5) is 48.3. The van der Waals surface area contributed by atoms with Crippen molar-refractivity contribution in [3.05, 3.63) is 70.8 Å². The zero-order valence-corrected chi connectivity index (χ0v) is 19.5. The van der Waals surface area contributed by atoms with E-state index in [2.05, 4.69) is 0 Å². The average Bonchev–Trinajstić information content (AvgIpc) is 2.85. The Balaban J connectivity index is 2.57.